The second-order valence-corrected chi connectivity index (χ2v) is 7.19. The highest BCUT2D eigenvalue weighted by Gasteiger charge is 2.22. The number of aliphatic hydroxyl groups is 1. The molecule has 0 aliphatic carbocycles. The zero-order chi connectivity index (χ0) is 16.6. The first-order chi connectivity index (χ1) is 10.8. The van der Waals surface area contributed by atoms with Gasteiger partial charge in [0.1, 0.15) is 0 Å². The predicted octanol–water partition coefficient (Wildman–Crippen LogP) is 0.670. The molecule has 1 aliphatic rings. The Hall–Kier alpha value is -2.03. The van der Waals surface area contributed by atoms with Gasteiger partial charge in [0.2, 0.25) is 16.0 Å². The van der Waals surface area contributed by atoms with Crippen LogP contribution in [0.5, 0.6) is 0 Å². The zero-order valence-electron chi connectivity index (χ0n) is 12.7. The van der Waals surface area contributed by atoms with Crippen molar-refractivity contribution >= 4 is 16.0 Å². The molecule has 0 saturated carbocycles. The number of benzene rings is 1. The van der Waals surface area contributed by atoms with Gasteiger partial charge in [-0.1, -0.05) is 12.1 Å². The van der Waals surface area contributed by atoms with Crippen molar-refractivity contribution in [2.24, 2.45) is 5.14 Å². The summed E-state index contributed by atoms with van der Waals surface area (Å²) in [4.78, 5) is 10.9. The maximum absolute atomic E-state index is 11.3. The Morgan fingerprint density at radius 1 is 1.30 bits per heavy atom. The second kappa shape index (κ2) is 5.88. The number of hydrogen-bond acceptors (Lipinski definition) is 6. The van der Waals surface area contributed by atoms with E-state index in [1.807, 2.05) is 11.8 Å². The number of nitrogens with two attached hydrogens (primary N) is 1. The minimum absolute atomic E-state index is 0.0718. The number of anilines is 1. The number of aryl methyl sites for hydroxylation is 1. The summed E-state index contributed by atoms with van der Waals surface area (Å²) in [6, 6.07) is 6.30. The van der Waals surface area contributed by atoms with Crippen LogP contribution in [0.2, 0.25) is 0 Å². The Morgan fingerprint density at radius 2 is 2.00 bits per heavy atom. The van der Waals surface area contributed by atoms with Crippen LogP contribution in [-0.4, -0.2) is 42.7 Å². The van der Waals surface area contributed by atoms with Gasteiger partial charge in [0, 0.05) is 24.8 Å². The molecule has 23 heavy (non-hydrogen) atoms. The molecule has 0 amide bonds. The topological polar surface area (TPSA) is 109 Å². The molecule has 7 nitrogen and oxygen atoms in total. The van der Waals surface area contributed by atoms with Crippen molar-refractivity contribution in [1.82, 2.24) is 9.97 Å². The van der Waals surface area contributed by atoms with E-state index in [0.29, 0.717) is 12.5 Å². The van der Waals surface area contributed by atoms with E-state index in [4.69, 9.17) is 5.14 Å². The van der Waals surface area contributed by atoms with E-state index in [9.17, 15) is 13.5 Å². The number of rotatable bonds is 3. The molecule has 0 bridgehead atoms. The van der Waals surface area contributed by atoms with Crippen LogP contribution in [0.3, 0.4) is 0 Å². The number of hydrogen-bond donors (Lipinski definition) is 2. The smallest absolute Gasteiger partial charge is 0.238 e. The van der Waals surface area contributed by atoms with E-state index in [0.717, 1.165) is 29.8 Å². The van der Waals surface area contributed by atoms with Crippen LogP contribution in [0.25, 0.3) is 11.1 Å². The summed E-state index contributed by atoms with van der Waals surface area (Å²) < 4.78 is 22.6. The van der Waals surface area contributed by atoms with E-state index in [1.165, 1.54) is 12.1 Å². The summed E-state index contributed by atoms with van der Waals surface area (Å²) in [5.41, 5.74) is 2.44. The van der Waals surface area contributed by atoms with Gasteiger partial charge >= 0.3 is 0 Å². The van der Waals surface area contributed by atoms with Gasteiger partial charge in [-0.25, -0.2) is 23.5 Å². The summed E-state index contributed by atoms with van der Waals surface area (Å²) >= 11 is 0. The van der Waals surface area contributed by atoms with Crippen molar-refractivity contribution in [3.05, 3.63) is 36.2 Å². The molecular formula is C15H18N4O3S. The first-order valence-corrected chi connectivity index (χ1v) is 8.79. The molecule has 1 saturated heterocycles. The average molecular weight is 334 g/mol. The van der Waals surface area contributed by atoms with Crippen LogP contribution >= 0.6 is 0 Å². The summed E-state index contributed by atoms with van der Waals surface area (Å²) in [6.45, 7) is 3.16. The Morgan fingerprint density at radius 3 is 2.52 bits per heavy atom. The number of nitrogens with zero attached hydrogens (tertiary/aromatic N) is 3. The number of aliphatic hydroxyl groups excluding tert-OH is 1. The van der Waals surface area contributed by atoms with Crippen LogP contribution < -0.4 is 10.0 Å². The second-order valence-electron chi connectivity index (χ2n) is 5.63. The molecule has 3 rings (SSSR count). The van der Waals surface area contributed by atoms with Gasteiger partial charge < -0.3 is 10.0 Å². The Kier molecular flexibility index (Phi) is 4.05. The Labute approximate surface area is 134 Å². The van der Waals surface area contributed by atoms with Crippen LogP contribution in [0.1, 0.15) is 12.1 Å². The molecule has 0 radical (unpaired) electrons. The average Bonchev–Trinajstić information content (AvgIpc) is 2.93. The van der Waals surface area contributed by atoms with Crippen molar-refractivity contribution in [3.8, 4) is 11.1 Å². The first kappa shape index (κ1) is 15.9. The van der Waals surface area contributed by atoms with Gasteiger partial charge in [-0.15, -0.1) is 0 Å². The molecule has 1 atom stereocenters. The molecule has 0 unspecified atom stereocenters. The molecule has 2 aromatic rings. The van der Waals surface area contributed by atoms with Gasteiger partial charge in [0.15, 0.2) is 0 Å². The molecule has 1 aromatic carbocycles. The van der Waals surface area contributed by atoms with Crippen molar-refractivity contribution in [1.29, 1.82) is 0 Å². The first-order valence-electron chi connectivity index (χ1n) is 7.24. The van der Waals surface area contributed by atoms with Crippen molar-refractivity contribution in [2.45, 2.75) is 24.3 Å². The van der Waals surface area contributed by atoms with E-state index in [-0.39, 0.29) is 11.0 Å². The van der Waals surface area contributed by atoms with Crippen molar-refractivity contribution < 1.29 is 13.5 Å². The molecule has 1 aromatic heterocycles. The van der Waals surface area contributed by atoms with Crippen LogP contribution in [0.15, 0.2) is 35.4 Å². The molecule has 0 spiro atoms. The number of aromatic nitrogens is 2. The van der Waals surface area contributed by atoms with E-state index in [1.54, 1.807) is 18.3 Å². The lowest BCUT2D eigenvalue weighted by atomic mass is 10.1. The lowest BCUT2D eigenvalue weighted by Gasteiger charge is -2.16. The monoisotopic (exact) mass is 334 g/mol. The third-order valence-electron chi connectivity index (χ3n) is 3.91. The molecular weight excluding hydrogens is 316 g/mol. The number of sulfonamides is 1. The summed E-state index contributed by atoms with van der Waals surface area (Å²) in [7, 11) is -3.70. The SMILES string of the molecule is Cc1nc(N2CC[C@@H](O)C2)ncc1-c1ccc(S(N)(=O)=O)cc1. The quantitative estimate of drug-likeness (QED) is 0.854. The fourth-order valence-corrected chi connectivity index (χ4v) is 3.15. The van der Waals surface area contributed by atoms with Crippen LogP contribution in [0.4, 0.5) is 5.95 Å². The summed E-state index contributed by atoms with van der Waals surface area (Å²) in [6.07, 6.45) is 2.11. The third-order valence-corrected chi connectivity index (χ3v) is 4.84. The maximum atomic E-state index is 11.3. The third kappa shape index (κ3) is 3.34. The normalized spacial score (nSPS) is 18.4. The molecule has 122 valence electrons. The highest BCUT2D eigenvalue weighted by atomic mass is 32.2. The molecule has 1 aliphatic heterocycles. The molecule has 3 N–H and O–H groups in total. The minimum Gasteiger partial charge on any atom is -0.391 e. The Bertz CT molecular complexity index is 821. The summed E-state index contributed by atoms with van der Waals surface area (Å²) in [5, 5.41) is 14.7. The molecule has 8 heteroatoms. The van der Waals surface area contributed by atoms with Crippen LogP contribution in [-0.2, 0) is 10.0 Å². The minimum atomic E-state index is -3.70. The lowest BCUT2D eigenvalue weighted by Crippen LogP contribution is -2.23. The van der Waals surface area contributed by atoms with Crippen molar-refractivity contribution in [2.75, 3.05) is 18.0 Å². The Balaban J connectivity index is 1.89. The lowest BCUT2D eigenvalue weighted by molar-refractivity contribution is 0.198. The van der Waals surface area contributed by atoms with Crippen LogP contribution in [0, 0.1) is 6.92 Å². The zero-order valence-corrected chi connectivity index (χ0v) is 13.5. The van der Waals surface area contributed by atoms with Gasteiger partial charge in [-0.3, -0.25) is 0 Å². The van der Waals surface area contributed by atoms with Gasteiger partial charge in [0.25, 0.3) is 0 Å². The van der Waals surface area contributed by atoms with Gasteiger partial charge in [0.05, 0.1) is 16.7 Å². The largest absolute Gasteiger partial charge is 0.391 e. The highest BCUT2D eigenvalue weighted by molar-refractivity contribution is 7.89. The highest BCUT2D eigenvalue weighted by Crippen LogP contribution is 2.25. The number of β-amino-alcohol motifs (C(OH)–C–C–N with tert-alkyl or cyclic N) is 1. The predicted molar refractivity (Wildman–Crippen MR) is 86.4 cm³/mol. The fourth-order valence-electron chi connectivity index (χ4n) is 2.64. The molecule has 2 heterocycles. The van der Waals surface area contributed by atoms with Gasteiger partial charge in [-0.05, 0) is 31.0 Å². The van der Waals surface area contributed by atoms with E-state index < -0.39 is 10.0 Å². The standard InChI is InChI=1S/C15H18N4O3S/c1-10-14(11-2-4-13(5-3-11)23(16,21)22)8-17-15(18-10)19-7-6-12(20)9-19/h2-5,8,12,20H,6-7,9H2,1H3,(H2,16,21,22)/t12-/m1/s1. The fraction of sp³-hybridized carbons (Fsp3) is 0.333. The maximum Gasteiger partial charge on any atom is 0.238 e. The molecule has 1 fully saturated rings. The summed E-state index contributed by atoms with van der Waals surface area (Å²) in [5.74, 6) is 0.601. The van der Waals surface area contributed by atoms with Crippen molar-refractivity contribution in [3.63, 3.8) is 0 Å². The van der Waals surface area contributed by atoms with E-state index in [2.05, 4.69) is 9.97 Å². The van der Waals surface area contributed by atoms with E-state index >= 15 is 0 Å². The van der Waals surface area contributed by atoms with Gasteiger partial charge in [-0.2, -0.15) is 0 Å². The number of primary sulfonamides is 1.